The maximum Gasteiger partial charge on any atom is 0.261 e. The molecule has 0 aromatic heterocycles. The monoisotopic (exact) mass is 400 g/mol. The van der Waals surface area contributed by atoms with Crippen molar-refractivity contribution in [3.63, 3.8) is 0 Å². The lowest BCUT2D eigenvalue weighted by Gasteiger charge is -2.16. The van der Waals surface area contributed by atoms with Crippen LogP contribution in [-0.2, 0) is 14.8 Å². The van der Waals surface area contributed by atoms with Gasteiger partial charge in [0.1, 0.15) is 5.75 Å². The summed E-state index contributed by atoms with van der Waals surface area (Å²) in [4.78, 5) is 13.7. The molecule has 1 aliphatic heterocycles. The molecule has 4 rings (SSSR count). The Bertz CT molecular complexity index is 951. The molecule has 1 saturated heterocycles. The van der Waals surface area contributed by atoms with E-state index in [1.165, 1.54) is 25.0 Å². The van der Waals surface area contributed by atoms with Crippen molar-refractivity contribution < 1.29 is 17.9 Å². The lowest BCUT2D eigenvalue weighted by atomic mass is 10.3. The molecule has 6 nitrogen and oxygen atoms in total. The molecule has 148 valence electrons. The summed E-state index contributed by atoms with van der Waals surface area (Å²) in [6.45, 7) is 0.678. The van der Waals surface area contributed by atoms with Gasteiger partial charge in [-0.15, -0.1) is 0 Å². The first-order chi connectivity index (χ1) is 13.5. The highest BCUT2D eigenvalue weighted by atomic mass is 32.2. The second kappa shape index (κ2) is 7.83. The summed E-state index contributed by atoms with van der Waals surface area (Å²) in [5.41, 5.74) is 1.20. The Hall–Kier alpha value is -2.54. The zero-order valence-electron chi connectivity index (χ0n) is 15.6. The molecule has 1 amide bonds. The topological polar surface area (TPSA) is 75.7 Å². The lowest BCUT2D eigenvalue weighted by molar-refractivity contribution is -0.117. The highest BCUT2D eigenvalue weighted by Crippen LogP contribution is 2.27. The largest absolute Gasteiger partial charge is 0.490 e. The molecule has 2 aliphatic rings. The maximum absolute atomic E-state index is 12.7. The number of carbonyl (C=O) groups is 1. The van der Waals surface area contributed by atoms with Crippen LogP contribution in [0, 0.1) is 0 Å². The number of sulfonamides is 1. The van der Waals surface area contributed by atoms with Crippen molar-refractivity contribution in [1.29, 1.82) is 0 Å². The van der Waals surface area contributed by atoms with E-state index in [4.69, 9.17) is 4.74 Å². The molecule has 28 heavy (non-hydrogen) atoms. The van der Waals surface area contributed by atoms with Crippen LogP contribution in [0.4, 0.5) is 11.4 Å². The van der Waals surface area contributed by atoms with Gasteiger partial charge in [-0.25, -0.2) is 8.42 Å². The number of anilines is 2. The van der Waals surface area contributed by atoms with Crippen LogP contribution in [0.1, 0.15) is 38.5 Å². The predicted molar refractivity (Wildman–Crippen MR) is 108 cm³/mol. The van der Waals surface area contributed by atoms with Gasteiger partial charge >= 0.3 is 0 Å². The maximum atomic E-state index is 12.7. The van der Waals surface area contributed by atoms with E-state index in [1.807, 2.05) is 6.07 Å². The Labute approximate surface area is 165 Å². The number of nitrogens with zero attached hydrogens (tertiary/aromatic N) is 1. The average Bonchev–Trinajstić information content (AvgIpc) is 3.33. The van der Waals surface area contributed by atoms with Crippen molar-refractivity contribution in [3.05, 3.63) is 48.5 Å². The molecule has 2 fully saturated rings. The Morgan fingerprint density at radius 2 is 1.75 bits per heavy atom. The van der Waals surface area contributed by atoms with E-state index < -0.39 is 10.0 Å². The molecule has 7 heteroatoms. The van der Waals surface area contributed by atoms with Gasteiger partial charge in [0.05, 0.1) is 16.7 Å². The third kappa shape index (κ3) is 4.14. The van der Waals surface area contributed by atoms with Gasteiger partial charge in [0, 0.05) is 24.7 Å². The zero-order chi connectivity index (χ0) is 19.6. The van der Waals surface area contributed by atoms with Gasteiger partial charge in [-0.05, 0) is 68.5 Å². The van der Waals surface area contributed by atoms with E-state index in [9.17, 15) is 13.2 Å². The van der Waals surface area contributed by atoms with Crippen molar-refractivity contribution in [3.8, 4) is 5.75 Å². The lowest BCUT2D eigenvalue weighted by Crippen LogP contribution is -2.23. The molecule has 1 heterocycles. The Morgan fingerprint density at radius 3 is 2.43 bits per heavy atom. The minimum absolute atomic E-state index is 0.0767. The third-order valence-electron chi connectivity index (χ3n) is 5.22. The third-order valence-corrected chi connectivity index (χ3v) is 6.62. The Kier molecular flexibility index (Phi) is 5.26. The molecular weight excluding hydrogens is 376 g/mol. The van der Waals surface area contributed by atoms with Crippen LogP contribution in [0.3, 0.4) is 0 Å². The zero-order valence-corrected chi connectivity index (χ0v) is 16.5. The minimum atomic E-state index is -3.72. The molecule has 1 saturated carbocycles. The normalized spacial score (nSPS) is 17.9. The molecular formula is C21H24N2O4S. The average molecular weight is 401 g/mol. The predicted octanol–water partition coefficient (Wildman–Crippen LogP) is 3.94. The molecule has 0 bridgehead atoms. The highest BCUT2D eigenvalue weighted by Gasteiger charge is 2.23. The van der Waals surface area contributed by atoms with Crippen LogP contribution in [0.2, 0.25) is 0 Å². The molecule has 2 aromatic carbocycles. The van der Waals surface area contributed by atoms with E-state index in [0.29, 0.717) is 24.4 Å². The smallest absolute Gasteiger partial charge is 0.261 e. The quantitative estimate of drug-likeness (QED) is 0.797. The molecule has 1 aliphatic carbocycles. The van der Waals surface area contributed by atoms with Gasteiger partial charge in [0.25, 0.3) is 10.0 Å². The number of ether oxygens (including phenoxy) is 1. The number of benzene rings is 2. The summed E-state index contributed by atoms with van der Waals surface area (Å²) in [6, 6.07) is 13.5. The standard InChI is InChI=1S/C21H24N2O4S/c24-21-9-4-14-23(21)17-10-12-20(13-11-17)28(25,26)22-16-5-3-8-19(15-16)27-18-6-1-2-7-18/h3,5,8,10-13,15,18,22H,1-2,4,6-7,9,14H2. The second-order valence-corrected chi connectivity index (χ2v) is 8.98. The van der Waals surface area contributed by atoms with Crippen LogP contribution in [-0.4, -0.2) is 27.0 Å². The van der Waals surface area contributed by atoms with Gasteiger partial charge in [-0.2, -0.15) is 0 Å². The molecule has 0 unspecified atom stereocenters. The van der Waals surface area contributed by atoms with E-state index in [-0.39, 0.29) is 16.9 Å². The number of hydrogen-bond acceptors (Lipinski definition) is 4. The summed E-state index contributed by atoms with van der Waals surface area (Å²) in [7, 11) is -3.72. The fourth-order valence-electron chi connectivity index (χ4n) is 3.77. The van der Waals surface area contributed by atoms with Crippen LogP contribution >= 0.6 is 0 Å². The van der Waals surface area contributed by atoms with Crippen LogP contribution in [0.5, 0.6) is 5.75 Å². The first kappa shape index (κ1) is 18.8. The Balaban J connectivity index is 1.47. The van der Waals surface area contributed by atoms with Gasteiger partial charge in [0.15, 0.2) is 0 Å². The van der Waals surface area contributed by atoms with Crippen molar-refractivity contribution >= 4 is 27.3 Å². The SMILES string of the molecule is O=C1CCCN1c1ccc(S(=O)(=O)Nc2cccc(OC3CCCC3)c2)cc1. The molecule has 0 radical (unpaired) electrons. The van der Waals surface area contributed by atoms with Crippen LogP contribution in [0.25, 0.3) is 0 Å². The van der Waals surface area contributed by atoms with E-state index in [2.05, 4.69) is 4.72 Å². The van der Waals surface area contributed by atoms with Gasteiger partial charge in [-0.3, -0.25) is 9.52 Å². The van der Waals surface area contributed by atoms with Crippen molar-refractivity contribution in [2.24, 2.45) is 0 Å². The van der Waals surface area contributed by atoms with E-state index >= 15 is 0 Å². The Morgan fingerprint density at radius 1 is 1.00 bits per heavy atom. The van der Waals surface area contributed by atoms with Crippen LogP contribution < -0.4 is 14.4 Å². The fourth-order valence-corrected chi connectivity index (χ4v) is 4.82. The first-order valence-corrected chi connectivity index (χ1v) is 11.2. The van der Waals surface area contributed by atoms with Crippen LogP contribution in [0.15, 0.2) is 53.4 Å². The van der Waals surface area contributed by atoms with Crippen molar-refractivity contribution in [2.75, 3.05) is 16.2 Å². The summed E-state index contributed by atoms with van der Waals surface area (Å²) in [5.74, 6) is 0.753. The number of hydrogen-bond donors (Lipinski definition) is 1. The number of nitrogens with one attached hydrogen (secondary N) is 1. The van der Waals surface area contributed by atoms with Gasteiger partial charge < -0.3 is 9.64 Å². The summed E-state index contributed by atoms with van der Waals surface area (Å²) >= 11 is 0. The highest BCUT2D eigenvalue weighted by molar-refractivity contribution is 7.92. The summed E-state index contributed by atoms with van der Waals surface area (Å²) < 4.78 is 34.0. The van der Waals surface area contributed by atoms with E-state index in [1.54, 1.807) is 35.2 Å². The van der Waals surface area contributed by atoms with Gasteiger partial charge in [-0.1, -0.05) is 6.07 Å². The van der Waals surface area contributed by atoms with Gasteiger partial charge in [0.2, 0.25) is 5.91 Å². The first-order valence-electron chi connectivity index (χ1n) is 9.71. The number of carbonyl (C=O) groups excluding carboxylic acids is 1. The van der Waals surface area contributed by atoms with Crippen molar-refractivity contribution in [2.45, 2.75) is 49.5 Å². The molecule has 2 aromatic rings. The summed E-state index contributed by atoms with van der Waals surface area (Å²) in [6.07, 6.45) is 6.03. The molecule has 1 N–H and O–H groups in total. The number of rotatable bonds is 6. The van der Waals surface area contributed by atoms with Crippen molar-refractivity contribution in [1.82, 2.24) is 0 Å². The van der Waals surface area contributed by atoms with E-state index in [0.717, 1.165) is 24.9 Å². The molecule has 0 spiro atoms. The minimum Gasteiger partial charge on any atom is -0.490 e. The molecule has 0 atom stereocenters. The fraction of sp³-hybridized carbons (Fsp3) is 0.381. The summed E-state index contributed by atoms with van der Waals surface area (Å²) in [5, 5.41) is 0. The number of amides is 1. The second-order valence-electron chi connectivity index (χ2n) is 7.30.